The van der Waals surface area contributed by atoms with Crippen molar-refractivity contribution >= 4 is 27.5 Å². The lowest BCUT2D eigenvalue weighted by Crippen LogP contribution is -2.40. The smallest absolute Gasteiger partial charge is 0.231 e. The second kappa shape index (κ2) is 5.63. The lowest BCUT2D eigenvalue weighted by Gasteiger charge is -2.26. The average Bonchev–Trinajstić information content (AvgIpc) is 2.83. The SMILES string of the molecule is Cc1cc(Br)cc(C)c1NC(=O)C1(CN)CCCC1. The first kappa shape index (κ1) is 14.5. The summed E-state index contributed by atoms with van der Waals surface area (Å²) >= 11 is 3.47. The largest absolute Gasteiger partial charge is 0.329 e. The zero-order chi connectivity index (χ0) is 14.0. The van der Waals surface area contributed by atoms with Crippen molar-refractivity contribution < 1.29 is 4.79 Å². The Morgan fingerprint density at radius 2 is 1.84 bits per heavy atom. The summed E-state index contributed by atoms with van der Waals surface area (Å²) in [5.41, 5.74) is 8.57. The van der Waals surface area contributed by atoms with E-state index < -0.39 is 0 Å². The van der Waals surface area contributed by atoms with Gasteiger partial charge < -0.3 is 11.1 Å². The Kier molecular flexibility index (Phi) is 4.31. The van der Waals surface area contributed by atoms with Crippen molar-refractivity contribution in [3.63, 3.8) is 0 Å². The molecule has 3 nitrogen and oxygen atoms in total. The predicted molar refractivity (Wildman–Crippen MR) is 82.2 cm³/mol. The molecule has 1 aromatic rings. The van der Waals surface area contributed by atoms with Crippen molar-refractivity contribution in [1.29, 1.82) is 0 Å². The number of nitrogens with two attached hydrogens (primary N) is 1. The van der Waals surface area contributed by atoms with Crippen LogP contribution in [0.25, 0.3) is 0 Å². The number of carbonyl (C=O) groups excluding carboxylic acids is 1. The lowest BCUT2D eigenvalue weighted by molar-refractivity contribution is -0.124. The fraction of sp³-hybridized carbons (Fsp3) is 0.533. The van der Waals surface area contributed by atoms with Crippen LogP contribution in [0.2, 0.25) is 0 Å². The number of anilines is 1. The Labute approximate surface area is 123 Å². The standard InChI is InChI=1S/C15H21BrN2O/c1-10-7-12(16)8-11(2)13(10)18-14(19)15(9-17)5-3-4-6-15/h7-8H,3-6,9,17H2,1-2H3,(H,18,19). The van der Waals surface area contributed by atoms with E-state index in [1.807, 2.05) is 26.0 Å². The van der Waals surface area contributed by atoms with Crippen LogP contribution in [0.3, 0.4) is 0 Å². The van der Waals surface area contributed by atoms with E-state index in [2.05, 4.69) is 21.2 Å². The number of benzene rings is 1. The topological polar surface area (TPSA) is 55.1 Å². The molecule has 1 saturated carbocycles. The highest BCUT2D eigenvalue weighted by Gasteiger charge is 2.40. The summed E-state index contributed by atoms with van der Waals surface area (Å²) in [5, 5.41) is 3.10. The third kappa shape index (κ3) is 2.84. The van der Waals surface area contributed by atoms with Crippen LogP contribution in [0.1, 0.15) is 36.8 Å². The number of aryl methyl sites for hydroxylation is 2. The summed E-state index contributed by atoms with van der Waals surface area (Å²) in [6, 6.07) is 4.04. The van der Waals surface area contributed by atoms with Gasteiger partial charge in [-0.25, -0.2) is 0 Å². The second-order valence-electron chi connectivity index (χ2n) is 5.56. The monoisotopic (exact) mass is 324 g/mol. The predicted octanol–water partition coefficient (Wildman–Crippen LogP) is 3.52. The first-order valence-electron chi connectivity index (χ1n) is 6.77. The Balaban J connectivity index is 2.24. The molecule has 1 amide bonds. The fourth-order valence-corrected chi connectivity index (χ4v) is 3.62. The van der Waals surface area contributed by atoms with Gasteiger partial charge in [0.1, 0.15) is 0 Å². The Bertz CT molecular complexity index is 470. The third-order valence-electron chi connectivity index (χ3n) is 4.17. The molecule has 0 saturated heterocycles. The minimum Gasteiger partial charge on any atom is -0.329 e. The maximum atomic E-state index is 12.6. The van der Waals surface area contributed by atoms with Gasteiger partial charge in [-0.1, -0.05) is 28.8 Å². The first-order chi connectivity index (χ1) is 8.98. The molecular formula is C15H21BrN2O. The van der Waals surface area contributed by atoms with E-state index >= 15 is 0 Å². The van der Waals surface area contributed by atoms with Crippen LogP contribution in [0.4, 0.5) is 5.69 Å². The van der Waals surface area contributed by atoms with Gasteiger partial charge in [0.25, 0.3) is 0 Å². The van der Waals surface area contributed by atoms with Gasteiger partial charge in [-0.2, -0.15) is 0 Å². The van der Waals surface area contributed by atoms with E-state index in [1.165, 1.54) is 0 Å². The Morgan fingerprint density at radius 3 is 2.32 bits per heavy atom. The molecule has 0 atom stereocenters. The van der Waals surface area contributed by atoms with Crippen molar-refractivity contribution in [1.82, 2.24) is 0 Å². The third-order valence-corrected chi connectivity index (χ3v) is 4.63. The molecule has 19 heavy (non-hydrogen) atoms. The van der Waals surface area contributed by atoms with Gasteiger partial charge >= 0.3 is 0 Å². The summed E-state index contributed by atoms with van der Waals surface area (Å²) in [7, 11) is 0. The highest BCUT2D eigenvalue weighted by Crippen LogP contribution is 2.38. The molecule has 0 heterocycles. The first-order valence-corrected chi connectivity index (χ1v) is 7.56. The molecule has 0 aromatic heterocycles. The molecule has 1 aromatic carbocycles. The summed E-state index contributed by atoms with van der Waals surface area (Å²) in [5.74, 6) is 0.0843. The van der Waals surface area contributed by atoms with E-state index in [9.17, 15) is 4.79 Å². The normalized spacial score (nSPS) is 17.5. The second-order valence-corrected chi connectivity index (χ2v) is 6.48. The molecule has 1 fully saturated rings. The van der Waals surface area contributed by atoms with Gasteiger partial charge in [-0.15, -0.1) is 0 Å². The van der Waals surface area contributed by atoms with Crippen molar-refractivity contribution in [2.75, 3.05) is 11.9 Å². The van der Waals surface area contributed by atoms with Crippen LogP contribution in [0.15, 0.2) is 16.6 Å². The highest BCUT2D eigenvalue weighted by atomic mass is 79.9. The molecule has 3 N–H and O–H groups in total. The van der Waals surface area contributed by atoms with E-state index in [1.54, 1.807) is 0 Å². The molecule has 0 aliphatic heterocycles. The summed E-state index contributed by atoms with van der Waals surface area (Å²) in [6.45, 7) is 4.46. The average molecular weight is 325 g/mol. The van der Waals surface area contributed by atoms with Gasteiger partial charge in [-0.05, 0) is 49.9 Å². The molecule has 4 heteroatoms. The molecule has 0 spiro atoms. The molecule has 104 valence electrons. The minimum atomic E-state index is -0.355. The van der Waals surface area contributed by atoms with Crippen molar-refractivity contribution in [3.8, 4) is 0 Å². The highest BCUT2D eigenvalue weighted by molar-refractivity contribution is 9.10. The van der Waals surface area contributed by atoms with E-state index in [4.69, 9.17) is 5.73 Å². The van der Waals surface area contributed by atoms with E-state index in [-0.39, 0.29) is 11.3 Å². The Morgan fingerprint density at radius 1 is 1.32 bits per heavy atom. The number of nitrogens with one attached hydrogen (secondary N) is 1. The zero-order valence-corrected chi connectivity index (χ0v) is 13.1. The van der Waals surface area contributed by atoms with Gasteiger partial charge in [0, 0.05) is 16.7 Å². The van der Waals surface area contributed by atoms with Crippen molar-refractivity contribution in [3.05, 3.63) is 27.7 Å². The number of amides is 1. The quantitative estimate of drug-likeness (QED) is 0.893. The zero-order valence-electron chi connectivity index (χ0n) is 11.6. The molecule has 0 bridgehead atoms. The Hall–Kier alpha value is -0.870. The fourth-order valence-electron chi connectivity index (χ4n) is 2.93. The summed E-state index contributed by atoms with van der Waals surface area (Å²) in [4.78, 5) is 12.6. The van der Waals surface area contributed by atoms with Crippen LogP contribution < -0.4 is 11.1 Å². The number of hydrogen-bond donors (Lipinski definition) is 2. The van der Waals surface area contributed by atoms with Crippen LogP contribution >= 0.6 is 15.9 Å². The molecular weight excluding hydrogens is 304 g/mol. The number of hydrogen-bond acceptors (Lipinski definition) is 2. The molecule has 1 aliphatic rings. The summed E-state index contributed by atoms with van der Waals surface area (Å²) < 4.78 is 1.04. The number of halogens is 1. The molecule has 0 radical (unpaired) electrons. The van der Waals surface area contributed by atoms with E-state index in [0.717, 1.165) is 47.0 Å². The van der Waals surface area contributed by atoms with Gasteiger partial charge in [0.05, 0.1) is 5.41 Å². The summed E-state index contributed by atoms with van der Waals surface area (Å²) in [6.07, 6.45) is 4.01. The van der Waals surface area contributed by atoms with Crippen molar-refractivity contribution in [2.45, 2.75) is 39.5 Å². The maximum absolute atomic E-state index is 12.6. The van der Waals surface area contributed by atoms with E-state index in [0.29, 0.717) is 6.54 Å². The maximum Gasteiger partial charge on any atom is 0.231 e. The number of rotatable bonds is 3. The minimum absolute atomic E-state index is 0.0843. The van der Waals surface area contributed by atoms with Crippen LogP contribution in [-0.2, 0) is 4.79 Å². The van der Waals surface area contributed by atoms with Gasteiger partial charge in [0.2, 0.25) is 5.91 Å². The van der Waals surface area contributed by atoms with Crippen LogP contribution in [0, 0.1) is 19.3 Å². The van der Waals surface area contributed by atoms with Gasteiger partial charge in [0.15, 0.2) is 0 Å². The van der Waals surface area contributed by atoms with Crippen LogP contribution in [0.5, 0.6) is 0 Å². The lowest BCUT2D eigenvalue weighted by atomic mass is 9.85. The molecule has 1 aliphatic carbocycles. The van der Waals surface area contributed by atoms with Gasteiger partial charge in [-0.3, -0.25) is 4.79 Å². The molecule has 0 unspecified atom stereocenters. The van der Waals surface area contributed by atoms with Crippen LogP contribution in [-0.4, -0.2) is 12.5 Å². The molecule has 2 rings (SSSR count). The number of carbonyl (C=O) groups is 1. The van der Waals surface area contributed by atoms with Crippen molar-refractivity contribution in [2.24, 2.45) is 11.1 Å².